The molecule has 0 spiro atoms. The van der Waals surface area contributed by atoms with E-state index >= 15 is 0 Å². The van der Waals surface area contributed by atoms with Gasteiger partial charge in [-0.15, -0.1) is 0 Å². The maximum Gasteiger partial charge on any atom is 0.319 e. The zero-order valence-corrected chi connectivity index (χ0v) is 11.7. The number of amides is 1. The zero-order valence-electron chi connectivity index (χ0n) is 9.37. The lowest BCUT2D eigenvalue weighted by Crippen LogP contribution is -2.48. The van der Waals surface area contributed by atoms with Crippen molar-refractivity contribution in [3.8, 4) is 0 Å². The molecule has 0 aliphatic heterocycles. The summed E-state index contributed by atoms with van der Waals surface area (Å²) in [5.74, 6) is -1.53. The Morgan fingerprint density at radius 3 is 2.50 bits per heavy atom. The fourth-order valence-electron chi connectivity index (χ4n) is 1.90. The third-order valence-electron chi connectivity index (χ3n) is 3.23. The molecule has 0 unspecified atom stereocenters. The van der Waals surface area contributed by atoms with Crippen LogP contribution in [0.2, 0.25) is 5.02 Å². The summed E-state index contributed by atoms with van der Waals surface area (Å²) in [6.07, 6.45) is 1.54. The Morgan fingerprint density at radius 2 is 2.06 bits per heavy atom. The second-order valence-electron chi connectivity index (χ2n) is 4.32. The van der Waals surface area contributed by atoms with Crippen molar-refractivity contribution in [3.63, 3.8) is 0 Å². The van der Waals surface area contributed by atoms with Gasteiger partial charge in [-0.3, -0.25) is 9.59 Å². The summed E-state index contributed by atoms with van der Waals surface area (Å²) in [6, 6.07) is 4.92. The monoisotopic (exact) mass is 331 g/mol. The van der Waals surface area contributed by atoms with Gasteiger partial charge in [0.05, 0.1) is 5.69 Å². The molecule has 1 aliphatic carbocycles. The molecule has 0 saturated heterocycles. The molecule has 0 bridgehead atoms. The van der Waals surface area contributed by atoms with E-state index in [1.165, 1.54) is 0 Å². The van der Waals surface area contributed by atoms with Gasteiger partial charge in [-0.25, -0.2) is 0 Å². The van der Waals surface area contributed by atoms with E-state index in [0.717, 1.165) is 6.42 Å². The summed E-state index contributed by atoms with van der Waals surface area (Å²) in [5, 5.41) is 12.3. The number of hydrogen-bond acceptors (Lipinski definition) is 2. The quantitative estimate of drug-likeness (QED) is 0.835. The molecule has 1 aromatic rings. The van der Waals surface area contributed by atoms with E-state index in [-0.39, 0.29) is 0 Å². The van der Waals surface area contributed by atoms with E-state index < -0.39 is 17.3 Å². The Kier molecular flexibility index (Phi) is 3.64. The van der Waals surface area contributed by atoms with Crippen LogP contribution in [0, 0.1) is 5.41 Å². The first-order chi connectivity index (χ1) is 8.45. The summed E-state index contributed by atoms with van der Waals surface area (Å²) < 4.78 is 0.628. The van der Waals surface area contributed by atoms with Crippen LogP contribution in [-0.4, -0.2) is 17.0 Å². The molecule has 1 aliphatic rings. The highest BCUT2D eigenvalue weighted by Gasteiger charge is 2.51. The molecule has 2 rings (SSSR count). The number of aliphatic carboxylic acids is 1. The van der Waals surface area contributed by atoms with Crippen molar-refractivity contribution in [1.82, 2.24) is 0 Å². The molecule has 18 heavy (non-hydrogen) atoms. The maximum absolute atomic E-state index is 12.0. The van der Waals surface area contributed by atoms with E-state index in [1.54, 1.807) is 18.2 Å². The summed E-state index contributed by atoms with van der Waals surface area (Å²) in [7, 11) is 0. The van der Waals surface area contributed by atoms with Crippen LogP contribution >= 0.6 is 27.5 Å². The van der Waals surface area contributed by atoms with Crippen LogP contribution in [0.4, 0.5) is 5.69 Å². The minimum Gasteiger partial charge on any atom is -0.480 e. The van der Waals surface area contributed by atoms with Crippen LogP contribution in [0.5, 0.6) is 0 Å². The number of benzene rings is 1. The van der Waals surface area contributed by atoms with Crippen molar-refractivity contribution >= 4 is 45.1 Å². The van der Waals surface area contributed by atoms with Crippen molar-refractivity contribution in [1.29, 1.82) is 0 Å². The van der Waals surface area contributed by atoms with Crippen molar-refractivity contribution in [2.75, 3.05) is 5.32 Å². The van der Waals surface area contributed by atoms with Crippen LogP contribution in [0.25, 0.3) is 0 Å². The van der Waals surface area contributed by atoms with Crippen LogP contribution in [0.3, 0.4) is 0 Å². The van der Waals surface area contributed by atoms with Crippen molar-refractivity contribution in [3.05, 3.63) is 27.7 Å². The standard InChI is InChI=1S/C12H11BrClNO3/c13-8-6-7(14)2-3-9(8)15-10(16)12(11(17)18)4-1-5-12/h2-3,6H,1,4-5H2,(H,15,16)(H,17,18). The number of nitrogens with one attached hydrogen (secondary N) is 1. The number of halogens is 2. The molecule has 1 aromatic carbocycles. The normalized spacial score (nSPS) is 16.8. The van der Waals surface area contributed by atoms with E-state index in [1.807, 2.05) is 0 Å². The van der Waals surface area contributed by atoms with Crippen molar-refractivity contribution in [2.45, 2.75) is 19.3 Å². The Morgan fingerprint density at radius 1 is 1.39 bits per heavy atom. The largest absolute Gasteiger partial charge is 0.480 e. The highest BCUT2D eigenvalue weighted by molar-refractivity contribution is 9.10. The van der Waals surface area contributed by atoms with Gasteiger partial charge in [0.25, 0.3) is 0 Å². The maximum atomic E-state index is 12.0. The van der Waals surface area contributed by atoms with Gasteiger partial charge in [0.2, 0.25) is 5.91 Å². The predicted molar refractivity (Wildman–Crippen MR) is 71.7 cm³/mol. The topological polar surface area (TPSA) is 66.4 Å². The van der Waals surface area contributed by atoms with Crippen LogP contribution in [0.1, 0.15) is 19.3 Å². The molecule has 4 nitrogen and oxygen atoms in total. The van der Waals surface area contributed by atoms with Gasteiger partial charge >= 0.3 is 5.97 Å². The zero-order chi connectivity index (χ0) is 13.3. The number of hydrogen-bond donors (Lipinski definition) is 2. The summed E-state index contributed by atoms with van der Waals surface area (Å²) in [5.41, 5.74) is -0.740. The molecule has 0 atom stereocenters. The van der Waals surface area contributed by atoms with Crippen molar-refractivity contribution in [2.24, 2.45) is 5.41 Å². The molecule has 0 heterocycles. The smallest absolute Gasteiger partial charge is 0.319 e. The third-order valence-corrected chi connectivity index (χ3v) is 4.12. The number of carbonyl (C=O) groups excluding carboxylic acids is 1. The molecule has 96 valence electrons. The average Bonchev–Trinajstić information content (AvgIpc) is 2.19. The highest BCUT2D eigenvalue weighted by Crippen LogP contribution is 2.42. The van der Waals surface area contributed by atoms with Gasteiger partial charge in [0.1, 0.15) is 5.41 Å². The van der Waals surface area contributed by atoms with Gasteiger partial charge in [-0.2, -0.15) is 0 Å². The van der Waals surface area contributed by atoms with Gasteiger partial charge < -0.3 is 10.4 Å². The lowest BCUT2D eigenvalue weighted by atomic mass is 9.68. The molecule has 0 radical (unpaired) electrons. The Labute approximate surface area is 117 Å². The fraction of sp³-hybridized carbons (Fsp3) is 0.333. The van der Waals surface area contributed by atoms with Gasteiger partial charge in [-0.1, -0.05) is 18.0 Å². The molecular formula is C12H11BrClNO3. The molecule has 1 saturated carbocycles. The number of anilines is 1. The number of carbonyl (C=O) groups is 2. The minimum atomic E-state index is -1.26. The lowest BCUT2D eigenvalue weighted by molar-refractivity contribution is -0.159. The first-order valence-electron chi connectivity index (χ1n) is 5.45. The van der Waals surface area contributed by atoms with Gasteiger partial charge in [0, 0.05) is 9.50 Å². The number of carboxylic acid groups (broad SMARTS) is 1. The fourth-order valence-corrected chi connectivity index (χ4v) is 2.68. The molecule has 1 fully saturated rings. The Hall–Kier alpha value is -1.07. The molecule has 2 N–H and O–H groups in total. The Balaban J connectivity index is 2.19. The molecule has 6 heteroatoms. The SMILES string of the molecule is O=C(O)C1(C(=O)Nc2ccc(Cl)cc2Br)CCC1. The molecule has 0 aromatic heterocycles. The van der Waals surface area contributed by atoms with Crippen LogP contribution < -0.4 is 5.32 Å². The number of carboxylic acids is 1. The second kappa shape index (κ2) is 4.90. The summed E-state index contributed by atoms with van der Waals surface area (Å²) in [6.45, 7) is 0. The molecule has 1 amide bonds. The summed E-state index contributed by atoms with van der Waals surface area (Å²) in [4.78, 5) is 23.2. The first-order valence-corrected chi connectivity index (χ1v) is 6.63. The van der Waals surface area contributed by atoms with E-state index in [9.17, 15) is 9.59 Å². The van der Waals surface area contributed by atoms with Gasteiger partial charge in [0.15, 0.2) is 0 Å². The first kappa shape index (κ1) is 13.4. The minimum absolute atomic E-state index is 0.388. The summed E-state index contributed by atoms with van der Waals surface area (Å²) >= 11 is 9.07. The third kappa shape index (κ3) is 2.24. The van der Waals surface area contributed by atoms with Crippen molar-refractivity contribution < 1.29 is 14.7 Å². The van der Waals surface area contributed by atoms with Gasteiger partial charge in [-0.05, 0) is 47.0 Å². The Bertz CT molecular complexity index is 514. The van der Waals surface area contributed by atoms with E-state index in [0.29, 0.717) is 28.0 Å². The van der Waals surface area contributed by atoms with E-state index in [2.05, 4.69) is 21.2 Å². The highest BCUT2D eigenvalue weighted by atomic mass is 79.9. The second-order valence-corrected chi connectivity index (χ2v) is 5.61. The van der Waals surface area contributed by atoms with Crippen LogP contribution in [0.15, 0.2) is 22.7 Å². The van der Waals surface area contributed by atoms with Crippen LogP contribution in [-0.2, 0) is 9.59 Å². The number of rotatable bonds is 3. The van der Waals surface area contributed by atoms with E-state index in [4.69, 9.17) is 16.7 Å². The average molecular weight is 333 g/mol. The molecular weight excluding hydrogens is 321 g/mol. The predicted octanol–water partition coefficient (Wildman–Crippen LogP) is 3.30. The lowest BCUT2D eigenvalue weighted by Gasteiger charge is -2.35.